The molecule has 0 atom stereocenters. The maximum Gasteiger partial charge on any atom is 0.370 e. The molecule has 4 heteroatoms. The minimum absolute atomic E-state index is 0.204. The van der Waals surface area contributed by atoms with Gasteiger partial charge in [0, 0.05) is 6.92 Å². The third-order valence-electron chi connectivity index (χ3n) is 0.345. The molecular weight excluding hydrogens is 109 g/mol. The Morgan fingerprint density at radius 1 is 1.57 bits per heavy atom. The van der Waals surface area contributed by atoms with Gasteiger partial charge in [-0.05, 0) is 0 Å². The van der Waals surface area contributed by atoms with Crippen molar-refractivity contribution in [1.82, 2.24) is 0 Å². The number of carbonyl (C=O) groups excluding carboxylic acids is 1. The molecule has 0 aliphatic rings. The number of hydrogen-bond donors (Lipinski definition) is 0. The fourth-order valence-electron chi connectivity index (χ4n) is 0. The fourth-order valence-corrected chi connectivity index (χ4v) is 0. The second kappa shape index (κ2) is 1.52. The molecule has 0 bridgehead atoms. The topological polar surface area (TPSA) is 17.1 Å². The SMILES string of the molecule is CC(F)(F)C(=O)F. The van der Waals surface area contributed by atoms with Crippen molar-refractivity contribution in [3.05, 3.63) is 0 Å². The molecule has 0 aliphatic heterocycles. The van der Waals surface area contributed by atoms with Crippen LogP contribution in [0, 0.1) is 0 Å². The second-order valence-corrected chi connectivity index (χ2v) is 1.16. The van der Waals surface area contributed by atoms with Crippen LogP contribution < -0.4 is 0 Å². The quantitative estimate of drug-likeness (QED) is 0.465. The summed E-state index contributed by atoms with van der Waals surface area (Å²) in [5, 5.41) is 0. The van der Waals surface area contributed by atoms with Gasteiger partial charge in [0.25, 0.3) is 0 Å². The van der Waals surface area contributed by atoms with Crippen molar-refractivity contribution < 1.29 is 18.0 Å². The Hall–Kier alpha value is -0.540. The van der Waals surface area contributed by atoms with E-state index >= 15 is 0 Å². The van der Waals surface area contributed by atoms with Crippen LogP contribution >= 0.6 is 0 Å². The Morgan fingerprint density at radius 2 is 1.71 bits per heavy atom. The van der Waals surface area contributed by atoms with Gasteiger partial charge >= 0.3 is 12.0 Å². The number of alkyl halides is 2. The van der Waals surface area contributed by atoms with Crippen molar-refractivity contribution in [2.24, 2.45) is 0 Å². The Bertz CT molecular complexity index is 82.7. The maximum atomic E-state index is 11.1. The molecule has 0 aromatic heterocycles. The lowest BCUT2D eigenvalue weighted by atomic mass is 10.4. The summed E-state index contributed by atoms with van der Waals surface area (Å²) in [4.78, 5) is 9.05. The smallest absolute Gasteiger partial charge is 0.254 e. The molecule has 0 saturated heterocycles. The molecule has 0 radical (unpaired) electrons. The van der Waals surface area contributed by atoms with Crippen LogP contribution in [0.15, 0.2) is 0 Å². The third-order valence-corrected chi connectivity index (χ3v) is 0.345. The Labute approximate surface area is 38.1 Å². The molecular formula is C3H3F3O. The average molecular weight is 112 g/mol. The van der Waals surface area contributed by atoms with Gasteiger partial charge in [0.1, 0.15) is 0 Å². The lowest BCUT2D eigenvalue weighted by Gasteiger charge is -1.97. The zero-order valence-electron chi connectivity index (χ0n) is 3.54. The molecule has 0 spiro atoms. The summed E-state index contributed by atoms with van der Waals surface area (Å²) < 4.78 is 33.1. The van der Waals surface area contributed by atoms with Crippen LogP contribution in [0.1, 0.15) is 6.92 Å². The highest BCUT2D eigenvalue weighted by Crippen LogP contribution is 2.12. The first-order valence-corrected chi connectivity index (χ1v) is 1.52. The van der Waals surface area contributed by atoms with E-state index in [-0.39, 0.29) is 6.92 Å². The highest BCUT2D eigenvalue weighted by atomic mass is 19.3. The molecule has 0 fully saturated rings. The lowest BCUT2D eigenvalue weighted by Crippen LogP contribution is -2.18. The van der Waals surface area contributed by atoms with E-state index in [1.165, 1.54) is 0 Å². The summed E-state index contributed by atoms with van der Waals surface area (Å²) in [6, 6.07) is -2.59. The van der Waals surface area contributed by atoms with Crippen molar-refractivity contribution in [2.75, 3.05) is 0 Å². The van der Waals surface area contributed by atoms with Gasteiger partial charge < -0.3 is 0 Å². The number of rotatable bonds is 1. The first-order chi connectivity index (χ1) is 2.94. The van der Waals surface area contributed by atoms with Gasteiger partial charge in [0.05, 0.1) is 0 Å². The predicted octanol–water partition coefficient (Wildman–Crippen LogP) is 1.14. The molecule has 0 amide bonds. The summed E-state index contributed by atoms with van der Waals surface area (Å²) >= 11 is 0. The molecule has 0 saturated carbocycles. The van der Waals surface area contributed by atoms with E-state index in [0.29, 0.717) is 0 Å². The molecule has 0 unspecified atom stereocenters. The minimum atomic E-state index is -3.81. The van der Waals surface area contributed by atoms with E-state index in [1.807, 2.05) is 0 Å². The number of carbonyl (C=O) groups is 1. The molecule has 0 aliphatic carbocycles. The third kappa shape index (κ3) is 2.19. The summed E-state index contributed by atoms with van der Waals surface area (Å²) in [6.45, 7) is 0.204. The largest absolute Gasteiger partial charge is 0.370 e. The van der Waals surface area contributed by atoms with Gasteiger partial charge in [-0.2, -0.15) is 13.2 Å². The summed E-state index contributed by atoms with van der Waals surface area (Å²) in [7, 11) is 0. The molecule has 7 heavy (non-hydrogen) atoms. The predicted molar refractivity (Wildman–Crippen MR) is 16.7 cm³/mol. The van der Waals surface area contributed by atoms with Gasteiger partial charge in [-0.3, -0.25) is 4.79 Å². The van der Waals surface area contributed by atoms with E-state index in [0.717, 1.165) is 0 Å². The zero-order chi connectivity index (χ0) is 6.08. The van der Waals surface area contributed by atoms with Crippen molar-refractivity contribution in [3.63, 3.8) is 0 Å². The Morgan fingerprint density at radius 3 is 1.71 bits per heavy atom. The molecule has 1 nitrogen and oxygen atoms in total. The monoisotopic (exact) mass is 112 g/mol. The maximum absolute atomic E-state index is 11.1. The highest BCUT2D eigenvalue weighted by Gasteiger charge is 2.31. The molecule has 0 N–H and O–H groups in total. The zero-order valence-corrected chi connectivity index (χ0v) is 3.54. The highest BCUT2D eigenvalue weighted by molar-refractivity contribution is 5.75. The van der Waals surface area contributed by atoms with E-state index < -0.39 is 12.0 Å². The number of hydrogen-bond acceptors (Lipinski definition) is 1. The van der Waals surface area contributed by atoms with E-state index in [2.05, 4.69) is 0 Å². The summed E-state index contributed by atoms with van der Waals surface area (Å²) in [6.07, 6.45) is 0. The minimum Gasteiger partial charge on any atom is -0.254 e. The van der Waals surface area contributed by atoms with E-state index in [1.54, 1.807) is 0 Å². The van der Waals surface area contributed by atoms with Gasteiger partial charge in [-0.25, -0.2) is 0 Å². The molecule has 42 valence electrons. The Kier molecular flexibility index (Phi) is 1.40. The lowest BCUT2D eigenvalue weighted by molar-refractivity contribution is -0.152. The second-order valence-electron chi connectivity index (χ2n) is 1.16. The van der Waals surface area contributed by atoms with E-state index in [9.17, 15) is 13.2 Å². The normalized spacial score (nSPS) is 11.4. The summed E-state index contributed by atoms with van der Waals surface area (Å²) in [5.74, 6) is -3.81. The molecule has 0 heterocycles. The fraction of sp³-hybridized carbons (Fsp3) is 0.667. The first-order valence-electron chi connectivity index (χ1n) is 1.52. The summed E-state index contributed by atoms with van der Waals surface area (Å²) in [5.41, 5.74) is 0. The van der Waals surface area contributed by atoms with Crippen molar-refractivity contribution in [2.45, 2.75) is 12.8 Å². The molecule has 0 aromatic rings. The van der Waals surface area contributed by atoms with Crippen molar-refractivity contribution in [1.29, 1.82) is 0 Å². The Balaban J connectivity index is 3.79. The van der Waals surface area contributed by atoms with Crippen LogP contribution in [-0.2, 0) is 4.79 Å². The van der Waals surface area contributed by atoms with Crippen LogP contribution in [0.4, 0.5) is 13.2 Å². The van der Waals surface area contributed by atoms with Crippen LogP contribution in [0.25, 0.3) is 0 Å². The van der Waals surface area contributed by atoms with E-state index in [4.69, 9.17) is 4.79 Å². The number of halogens is 3. The van der Waals surface area contributed by atoms with Gasteiger partial charge in [0.15, 0.2) is 0 Å². The standard InChI is InChI=1S/C3H3F3O/c1-3(5,6)2(4)7/h1H3. The van der Waals surface area contributed by atoms with Gasteiger partial charge in [0.2, 0.25) is 0 Å². The first kappa shape index (κ1) is 6.46. The van der Waals surface area contributed by atoms with Crippen molar-refractivity contribution in [3.8, 4) is 0 Å². The average Bonchev–Trinajstić information content (AvgIpc) is 1.31. The van der Waals surface area contributed by atoms with Gasteiger partial charge in [-0.15, -0.1) is 0 Å². The van der Waals surface area contributed by atoms with Crippen LogP contribution in [-0.4, -0.2) is 12.0 Å². The van der Waals surface area contributed by atoms with Gasteiger partial charge in [-0.1, -0.05) is 0 Å². The van der Waals surface area contributed by atoms with Crippen LogP contribution in [0.3, 0.4) is 0 Å². The molecule has 0 aromatic carbocycles. The van der Waals surface area contributed by atoms with Crippen molar-refractivity contribution >= 4 is 6.04 Å². The van der Waals surface area contributed by atoms with Crippen LogP contribution in [0.5, 0.6) is 0 Å². The molecule has 0 rings (SSSR count). The van der Waals surface area contributed by atoms with Crippen LogP contribution in [0.2, 0.25) is 0 Å².